The highest BCUT2D eigenvalue weighted by atomic mass is 16.5. The molecule has 0 spiro atoms. The van der Waals surface area contributed by atoms with Crippen molar-refractivity contribution < 1.29 is 9.53 Å². The Morgan fingerprint density at radius 2 is 2.21 bits per heavy atom. The fourth-order valence-corrected chi connectivity index (χ4v) is 1.92. The molecule has 5 heteroatoms. The Hall–Kier alpha value is -1.78. The second kappa shape index (κ2) is 6.97. The van der Waals surface area contributed by atoms with Gasteiger partial charge in [-0.15, -0.1) is 0 Å². The Morgan fingerprint density at radius 1 is 1.53 bits per heavy atom. The van der Waals surface area contributed by atoms with E-state index in [2.05, 4.69) is 31.1 Å². The molecule has 1 heterocycles. The molecule has 0 fully saturated rings. The molecular formula is C14H23N3O2. The van der Waals surface area contributed by atoms with Gasteiger partial charge in [-0.25, -0.2) is 9.78 Å². The number of nitrogens with two attached hydrogens (primary N) is 1. The SMILES string of the molecule is CCC(C)CC(C)Nc1ncc(N)cc1C(=O)OC. The van der Waals surface area contributed by atoms with E-state index in [1.807, 2.05) is 0 Å². The molecule has 0 aromatic carbocycles. The summed E-state index contributed by atoms with van der Waals surface area (Å²) in [6.07, 6.45) is 3.68. The molecule has 5 nitrogen and oxygen atoms in total. The number of hydrogen-bond donors (Lipinski definition) is 2. The number of hydrogen-bond acceptors (Lipinski definition) is 5. The predicted octanol–water partition coefficient (Wildman–Crippen LogP) is 2.69. The minimum absolute atomic E-state index is 0.231. The highest BCUT2D eigenvalue weighted by molar-refractivity contribution is 5.95. The highest BCUT2D eigenvalue weighted by Crippen LogP contribution is 2.19. The Bertz CT molecular complexity index is 435. The van der Waals surface area contributed by atoms with E-state index in [1.54, 1.807) is 6.07 Å². The number of anilines is 2. The number of carbonyl (C=O) groups is 1. The zero-order chi connectivity index (χ0) is 14.4. The minimum Gasteiger partial charge on any atom is -0.465 e. The molecule has 3 N–H and O–H groups in total. The van der Waals surface area contributed by atoms with Crippen molar-refractivity contribution in [2.75, 3.05) is 18.2 Å². The molecule has 1 rings (SSSR count). The summed E-state index contributed by atoms with van der Waals surface area (Å²) in [5.74, 6) is 0.716. The van der Waals surface area contributed by atoms with Gasteiger partial charge >= 0.3 is 5.97 Å². The van der Waals surface area contributed by atoms with Gasteiger partial charge in [-0.3, -0.25) is 0 Å². The number of rotatable bonds is 6. The molecule has 0 amide bonds. The van der Waals surface area contributed by atoms with Crippen LogP contribution in [0.4, 0.5) is 11.5 Å². The lowest BCUT2D eigenvalue weighted by Gasteiger charge is -2.19. The van der Waals surface area contributed by atoms with E-state index in [0.717, 1.165) is 12.8 Å². The maximum Gasteiger partial charge on any atom is 0.341 e. The van der Waals surface area contributed by atoms with Crippen LogP contribution in [0, 0.1) is 5.92 Å². The standard InChI is InChI=1S/C14H23N3O2/c1-5-9(2)6-10(3)17-13-12(14(18)19-4)7-11(15)8-16-13/h7-10H,5-6,15H2,1-4H3,(H,16,17). The Labute approximate surface area is 114 Å². The monoisotopic (exact) mass is 265 g/mol. The number of nitrogens with one attached hydrogen (secondary N) is 1. The summed E-state index contributed by atoms with van der Waals surface area (Å²) in [4.78, 5) is 15.9. The third-order valence-corrected chi connectivity index (χ3v) is 3.15. The second-order valence-electron chi connectivity index (χ2n) is 4.95. The molecule has 0 bridgehead atoms. The van der Waals surface area contributed by atoms with Crippen LogP contribution in [0.25, 0.3) is 0 Å². The summed E-state index contributed by atoms with van der Waals surface area (Å²) < 4.78 is 4.74. The topological polar surface area (TPSA) is 77.2 Å². The van der Waals surface area contributed by atoms with E-state index >= 15 is 0 Å². The molecule has 2 unspecified atom stereocenters. The van der Waals surface area contributed by atoms with Gasteiger partial charge in [0.15, 0.2) is 0 Å². The van der Waals surface area contributed by atoms with Crippen molar-refractivity contribution in [1.82, 2.24) is 4.98 Å². The number of carbonyl (C=O) groups excluding carboxylic acids is 1. The molecule has 19 heavy (non-hydrogen) atoms. The normalized spacial score (nSPS) is 13.7. The molecule has 0 saturated carbocycles. The average Bonchev–Trinajstić information content (AvgIpc) is 2.39. The number of ether oxygens (including phenoxy) is 1. The molecule has 1 aromatic rings. The molecule has 0 aliphatic rings. The van der Waals surface area contributed by atoms with Gasteiger partial charge < -0.3 is 15.8 Å². The second-order valence-corrected chi connectivity index (χ2v) is 4.95. The van der Waals surface area contributed by atoms with E-state index < -0.39 is 5.97 Å². The lowest BCUT2D eigenvalue weighted by molar-refractivity contribution is 0.0601. The molecule has 0 radical (unpaired) electrons. The van der Waals surface area contributed by atoms with Crippen molar-refractivity contribution in [2.24, 2.45) is 5.92 Å². The summed E-state index contributed by atoms with van der Waals surface area (Å²) >= 11 is 0. The minimum atomic E-state index is -0.432. The van der Waals surface area contributed by atoms with Crippen LogP contribution in [0.5, 0.6) is 0 Å². The molecule has 2 atom stereocenters. The van der Waals surface area contributed by atoms with Crippen LogP contribution in [0.2, 0.25) is 0 Å². The first-order chi connectivity index (χ1) is 8.97. The van der Waals surface area contributed by atoms with Gasteiger partial charge in [0.25, 0.3) is 0 Å². The predicted molar refractivity (Wildman–Crippen MR) is 77.1 cm³/mol. The first kappa shape index (κ1) is 15.3. The average molecular weight is 265 g/mol. The van der Waals surface area contributed by atoms with Crippen LogP contribution < -0.4 is 11.1 Å². The number of esters is 1. The quantitative estimate of drug-likeness (QED) is 0.773. The van der Waals surface area contributed by atoms with Crippen LogP contribution in [0.3, 0.4) is 0 Å². The fraction of sp³-hybridized carbons (Fsp3) is 0.571. The summed E-state index contributed by atoms with van der Waals surface area (Å²) in [6.45, 7) is 6.44. The first-order valence-corrected chi connectivity index (χ1v) is 6.58. The zero-order valence-electron chi connectivity index (χ0n) is 12.1. The zero-order valence-corrected chi connectivity index (χ0v) is 12.1. The maximum absolute atomic E-state index is 11.7. The Kier molecular flexibility index (Phi) is 5.60. The smallest absolute Gasteiger partial charge is 0.341 e. The number of methoxy groups -OCH3 is 1. The van der Waals surface area contributed by atoms with Crippen LogP contribution in [0.15, 0.2) is 12.3 Å². The number of pyridine rings is 1. The van der Waals surface area contributed by atoms with Gasteiger partial charge in [0.05, 0.1) is 19.0 Å². The van der Waals surface area contributed by atoms with Gasteiger partial charge in [0, 0.05) is 6.04 Å². The molecular weight excluding hydrogens is 242 g/mol. The largest absolute Gasteiger partial charge is 0.465 e. The molecule has 106 valence electrons. The lowest BCUT2D eigenvalue weighted by atomic mass is 10.0. The Balaban J connectivity index is 2.85. The van der Waals surface area contributed by atoms with Gasteiger partial charge in [0.1, 0.15) is 11.4 Å². The van der Waals surface area contributed by atoms with Crippen molar-refractivity contribution in [3.05, 3.63) is 17.8 Å². The number of nitrogen functional groups attached to an aromatic ring is 1. The number of aromatic nitrogens is 1. The van der Waals surface area contributed by atoms with Gasteiger partial charge in [-0.05, 0) is 25.3 Å². The van der Waals surface area contributed by atoms with Crippen molar-refractivity contribution in [3.63, 3.8) is 0 Å². The summed E-state index contributed by atoms with van der Waals surface area (Å²) in [7, 11) is 1.35. The molecule has 0 aliphatic heterocycles. The van der Waals surface area contributed by atoms with E-state index in [-0.39, 0.29) is 6.04 Å². The molecule has 1 aromatic heterocycles. The fourth-order valence-electron chi connectivity index (χ4n) is 1.92. The Morgan fingerprint density at radius 3 is 2.79 bits per heavy atom. The van der Waals surface area contributed by atoms with Crippen LogP contribution in [-0.2, 0) is 4.74 Å². The molecule has 0 saturated heterocycles. The van der Waals surface area contributed by atoms with Gasteiger partial charge in [-0.2, -0.15) is 0 Å². The highest BCUT2D eigenvalue weighted by Gasteiger charge is 2.16. The third-order valence-electron chi connectivity index (χ3n) is 3.15. The van der Waals surface area contributed by atoms with Crippen molar-refractivity contribution in [3.8, 4) is 0 Å². The van der Waals surface area contributed by atoms with E-state index in [1.165, 1.54) is 13.3 Å². The van der Waals surface area contributed by atoms with Crippen molar-refractivity contribution >= 4 is 17.5 Å². The molecule has 0 aliphatic carbocycles. The summed E-state index contributed by atoms with van der Waals surface area (Å²) in [5.41, 5.74) is 6.47. The lowest BCUT2D eigenvalue weighted by Crippen LogP contribution is -2.21. The van der Waals surface area contributed by atoms with Gasteiger partial charge in [-0.1, -0.05) is 20.3 Å². The third kappa shape index (κ3) is 4.43. The first-order valence-electron chi connectivity index (χ1n) is 6.58. The van der Waals surface area contributed by atoms with Crippen LogP contribution in [0.1, 0.15) is 44.0 Å². The van der Waals surface area contributed by atoms with Crippen LogP contribution in [-0.4, -0.2) is 24.1 Å². The van der Waals surface area contributed by atoms with E-state index in [0.29, 0.717) is 23.0 Å². The summed E-state index contributed by atoms with van der Waals surface area (Å²) in [5, 5.41) is 3.25. The van der Waals surface area contributed by atoms with E-state index in [4.69, 9.17) is 10.5 Å². The van der Waals surface area contributed by atoms with Gasteiger partial charge in [0.2, 0.25) is 0 Å². The van der Waals surface area contributed by atoms with Crippen LogP contribution >= 0.6 is 0 Å². The van der Waals surface area contributed by atoms with E-state index in [9.17, 15) is 4.79 Å². The maximum atomic E-state index is 11.7. The number of nitrogens with zero attached hydrogens (tertiary/aromatic N) is 1. The summed E-state index contributed by atoms with van der Waals surface area (Å²) in [6, 6.07) is 1.81. The van der Waals surface area contributed by atoms with Crippen molar-refractivity contribution in [1.29, 1.82) is 0 Å². The van der Waals surface area contributed by atoms with Crippen molar-refractivity contribution in [2.45, 2.75) is 39.7 Å².